The fourth-order valence-electron chi connectivity index (χ4n) is 2.08. The molecule has 104 valence electrons. The smallest absolute Gasteiger partial charge is 0.124 e. The molecule has 7 heteroatoms. The van der Waals surface area contributed by atoms with Gasteiger partial charge in [0, 0.05) is 18.5 Å². The van der Waals surface area contributed by atoms with E-state index in [0.29, 0.717) is 29.4 Å². The Morgan fingerprint density at radius 2 is 2.26 bits per heavy atom. The number of aromatic nitrogens is 4. The molecule has 0 fully saturated rings. The van der Waals surface area contributed by atoms with Crippen LogP contribution in [-0.2, 0) is 19.4 Å². The lowest BCUT2D eigenvalue weighted by atomic mass is 10.1. The highest BCUT2D eigenvalue weighted by Crippen LogP contribution is 2.28. The predicted octanol–water partition coefficient (Wildman–Crippen LogP) is 1.70. The van der Waals surface area contributed by atoms with Crippen molar-refractivity contribution in [2.24, 2.45) is 0 Å². The molecule has 6 nitrogen and oxygen atoms in total. The molecule has 0 radical (unpaired) electrons. The molecule has 0 bridgehead atoms. The van der Waals surface area contributed by atoms with Crippen LogP contribution in [0.15, 0.2) is 6.20 Å². The summed E-state index contributed by atoms with van der Waals surface area (Å²) in [5.41, 5.74) is 7.96. The quantitative estimate of drug-likeness (QED) is 0.779. The standard InChI is InChI=1S/C12H18ClN5O/c1-3-8-11(13)9(18(4-2)17-8)5-10(19)7-6-15-16-12(7)14/h6,10,19H,3-5H2,1-2H3,(H3,14,15,16). The van der Waals surface area contributed by atoms with E-state index in [1.54, 1.807) is 0 Å². The molecular formula is C12H18ClN5O. The zero-order valence-corrected chi connectivity index (χ0v) is 11.8. The van der Waals surface area contributed by atoms with Crippen LogP contribution in [0.4, 0.5) is 5.82 Å². The summed E-state index contributed by atoms with van der Waals surface area (Å²) in [4.78, 5) is 0. The molecule has 0 aliphatic carbocycles. The Kier molecular flexibility index (Phi) is 4.11. The number of aromatic amines is 1. The summed E-state index contributed by atoms with van der Waals surface area (Å²) in [5, 5.41) is 21.7. The van der Waals surface area contributed by atoms with Gasteiger partial charge in [0.15, 0.2) is 0 Å². The van der Waals surface area contributed by atoms with Crippen molar-refractivity contribution in [1.82, 2.24) is 20.0 Å². The van der Waals surface area contributed by atoms with Gasteiger partial charge in [-0.25, -0.2) is 0 Å². The molecule has 0 spiro atoms. The van der Waals surface area contributed by atoms with Crippen LogP contribution in [0.3, 0.4) is 0 Å². The topological polar surface area (TPSA) is 92.7 Å². The van der Waals surface area contributed by atoms with Crippen LogP contribution in [0.5, 0.6) is 0 Å². The molecular weight excluding hydrogens is 266 g/mol. The minimum atomic E-state index is -0.747. The summed E-state index contributed by atoms with van der Waals surface area (Å²) in [5.74, 6) is 0.377. The summed E-state index contributed by atoms with van der Waals surface area (Å²) in [7, 11) is 0. The second-order valence-electron chi connectivity index (χ2n) is 4.34. The van der Waals surface area contributed by atoms with Gasteiger partial charge in [0.25, 0.3) is 0 Å². The number of nitrogens with zero attached hydrogens (tertiary/aromatic N) is 3. The first-order valence-corrected chi connectivity index (χ1v) is 6.67. The van der Waals surface area contributed by atoms with Gasteiger partial charge in [-0.3, -0.25) is 9.78 Å². The molecule has 19 heavy (non-hydrogen) atoms. The Hall–Kier alpha value is -1.53. The molecule has 2 heterocycles. The third-order valence-corrected chi connectivity index (χ3v) is 3.58. The lowest BCUT2D eigenvalue weighted by molar-refractivity contribution is 0.176. The zero-order chi connectivity index (χ0) is 14.0. The predicted molar refractivity (Wildman–Crippen MR) is 74.0 cm³/mol. The van der Waals surface area contributed by atoms with E-state index in [4.69, 9.17) is 17.3 Å². The Labute approximate surface area is 116 Å². The van der Waals surface area contributed by atoms with E-state index >= 15 is 0 Å². The van der Waals surface area contributed by atoms with Crippen molar-refractivity contribution in [2.75, 3.05) is 5.73 Å². The lowest BCUT2D eigenvalue weighted by Crippen LogP contribution is -2.09. The van der Waals surface area contributed by atoms with Gasteiger partial charge in [0.2, 0.25) is 0 Å². The first-order chi connectivity index (χ1) is 9.08. The van der Waals surface area contributed by atoms with Gasteiger partial charge in [-0.2, -0.15) is 10.2 Å². The van der Waals surface area contributed by atoms with Crippen molar-refractivity contribution in [3.63, 3.8) is 0 Å². The van der Waals surface area contributed by atoms with Crippen molar-refractivity contribution in [2.45, 2.75) is 39.3 Å². The molecule has 1 unspecified atom stereocenters. The van der Waals surface area contributed by atoms with Crippen molar-refractivity contribution >= 4 is 17.4 Å². The van der Waals surface area contributed by atoms with Crippen molar-refractivity contribution in [3.05, 3.63) is 28.2 Å². The summed E-state index contributed by atoms with van der Waals surface area (Å²) in [6.45, 7) is 4.70. The summed E-state index contributed by atoms with van der Waals surface area (Å²) < 4.78 is 1.82. The SMILES string of the molecule is CCc1nn(CC)c(CC(O)c2cn[nH]c2N)c1Cl. The van der Waals surface area contributed by atoms with E-state index in [1.165, 1.54) is 6.20 Å². The number of aryl methyl sites for hydroxylation is 2. The fraction of sp³-hybridized carbons (Fsp3) is 0.500. The Balaban J connectivity index is 2.28. The van der Waals surface area contributed by atoms with Gasteiger partial charge in [-0.1, -0.05) is 18.5 Å². The number of aliphatic hydroxyl groups is 1. The maximum atomic E-state index is 10.2. The third-order valence-electron chi connectivity index (χ3n) is 3.14. The first-order valence-electron chi connectivity index (χ1n) is 6.29. The largest absolute Gasteiger partial charge is 0.388 e. The van der Waals surface area contributed by atoms with Crippen LogP contribution in [0.1, 0.15) is 36.9 Å². The van der Waals surface area contributed by atoms with E-state index in [9.17, 15) is 5.11 Å². The van der Waals surface area contributed by atoms with E-state index in [0.717, 1.165) is 17.8 Å². The molecule has 0 aromatic carbocycles. The van der Waals surface area contributed by atoms with Gasteiger partial charge in [0.1, 0.15) is 5.82 Å². The van der Waals surface area contributed by atoms with E-state index in [-0.39, 0.29) is 0 Å². The highest BCUT2D eigenvalue weighted by Gasteiger charge is 2.20. The average molecular weight is 284 g/mol. The highest BCUT2D eigenvalue weighted by molar-refractivity contribution is 6.31. The second-order valence-corrected chi connectivity index (χ2v) is 4.71. The zero-order valence-electron chi connectivity index (χ0n) is 11.0. The summed E-state index contributed by atoms with van der Waals surface area (Å²) in [6.07, 6.45) is 1.91. The van der Waals surface area contributed by atoms with Crippen molar-refractivity contribution in [1.29, 1.82) is 0 Å². The summed E-state index contributed by atoms with van der Waals surface area (Å²) in [6, 6.07) is 0. The van der Waals surface area contributed by atoms with Gasteiger partial charge in [-0.05, 0) is 13.3 Å². The van der Waals surface area contributed by atoms with Crippen molar-refractivity contribution < 1.29 is 5.11 Å². The number of anilines is 1. The summed E-state index contributed by atoms with van der Waals surface area (Å²) >= 11 is 6.30. The van der Waals surface area contributed by atoms with Gasteiger partial charge in [0.05, 0.1) is 28.7 Å². The lowest BCUT2D eigenvalue weighted by Gasteiger charge is -2.11. The maximum Gasteiger partial charge on any atom is 0.124 e. The normalized spacial score (nSPS) is 12.8. The number of nitrogen functional groups attached to an aromatic ring is 1. The third kappa shape index (κ3) is 2.59. The van der Waals surface area contributed by atoms with Crippen LogP contribution in [0.2, 0.25) is 5.02 Å². The van der Waals surface area contributed by atoms with Gasteiger partial charge < -0.3 is 10.8 Å². The Bertz CT molecular complexity index is 562. The Morgan fingerprint density at radius 3 is 2.79 bits per heavy atom. The molecule has 0 amide bonds. The number of aliphatic hydroxyl groups excluding tert-OH is 1. The average Bonchev–Trinajstić information content (AvgIpc) is 2.95. The minimum absolute atomic E-state index is 0.364. The van der Waals surface area contributed by atoms with Crippen LogP contribution in [0.25, 0.3) is 0 Å². The molecule has 0 saturated heterocycles. The monoisotopic (exact) mass is 283 g/mol. The van der Waals surface area contributed by atoms with E-state index < -0.39 is 6.10 Å². The minimum Gasteiger partial charge on any atom is -0.388 e. The maximum absolute atomic E-state index is 10.2. The Morgan fingerprint density at radius 1 is 1.53 bits per heavy atom. The molecule has 0 saturated carbocycles. The van der Waals surface area contributed by atoms with E-state index in [1.807, 2.05) is 18.5 Å². The van der Waals surface area contributed by atoms with Gasteiger partial charge in [-0.15, -0.1) is 0 Å². The number of hydrogen-bond acceptors (Lipinski definition) is 4. The number of hydrogen-bond donors (Lipinski definition) is 3. The first kappa shape index (κ1) is 13.9. The molecule has 4 N–H and O–H groups in total. The van der Waals surface area contributed by atoms with Crippen LogP contribution in [-0.4, -0.2) is 25.1 Å². The number of halogens is 1. The van der Waals surface area contributed by atoms with Gasteiger partial charge >= 0.3 is 0 Å². The van der Waals surface area contributed by atoms with Crippen LogP contribution in [0, 0.1) is 0 Å². The number of nitrogens with one attached hydrogen (secondary N) is 1. The molecule has 2 aromatic rings. The fourth-order valence-corrected chi connectivity index (χ4v) is 2.42. The molecule has 0 aliphatic heterocycles. The van der Waals surface area contributed by atoms with E-state index in [2.05, 4.69) is 15.3 Å². The molecule has 2 rings (SSSR count). The highest BCUT2D eigenvalue weighted by atomic mass is 35.5. The molecule has 1 atom stereocenters. The number of nitrogens with two attached hydrogens (primary N) is 1. The second kappa shape index (κ2) is 5.63. The number of H-pyrrole nitrogens is 1. The molecule has 0 aliphatic rings. The number of rotatable bonds is 5. The van der Waals surface area contributed by atoms with Crippen LogP contribution >= 0.6 is 11.6 Å². The molecule has 2 aromatic heterocycles. The van der Waals surface area contributed by atoms with Crippen molar-refractivity contribution in [3.8, 4) is 0 Å². The van der Waals surface area contributed by atoms with Crippen LogP contribution < -0.4 is 5.73 Å².